The van der Waals surface area contributed by atoms with Gasteiger partial charge in [0.05, 0.1) is 0 Å². The average molecular weight is 325 g/mol. The topological polar surface area (TPSA) is 33.5 Å². The van der Waals surface area contributed by atoms with Gasteiger partial charge >= 0.3 is 31.1 Å². The maximum Gasteiger partial charge on any atom is 2.00 e. The van der Waals surface area contributed by atoms with E-state index in [1.165, 1.54) is 12.8 Å². The number of unbranched alkanes of at least 4 members (excludes halogenated alkanes) is 2. The molecule has 0 aliphatic heterocycles. The Morgan fingerprint density at radius 3 is 1.86 bits per heavy atom. The number of rotatable bonds is 2. The zero-order valence-corrected chi connectivity index (χ0v) is 9.23. The molecule has 0 spiro atoms. The standard InChI is InChI=1S/C5H11.H2N.U/c1-3-5-4-2;;/h3H,4-5H2,1-2H3;1H2;/q2*-1;+2. The fraction of sp³-hybridized carbons (Fsp3) is 0.800. The van der Waals surface area contributed by atoms with E-state index < -0.39 is 0 Å². The van der Waals surface area contributed by atoms with Crippen LogP contribution < -0.4 is 0 Å². The second kappa shape index (κ2) is 15.7. The van der Waals surface area contributed by atoms with Gasteiger partial charge in [0, 0.05) is 0 Å². The third-order valence-corrected chi connectivity index (χ3v) is 0.577. The van der Waals surface area contributed by atoms with Crippen LogP contribution in [0.15, 0.2) is 0 Å². The van der Waals surface area contributed by atoms with Crippen LogP contribution in [0.3, 0.4) is 0 Å². The molecule has 0 rings (SSSR count). The predicted octanol–water partition coefficient (Wildman–Crippen LogP) is 2.73. The smallest absolute Gasteiger partial charge is 0.693 e. The van der Waals surface area contributed by atoms with Gasteiger partial charge in [-0.05, 0) is 0 Å². The number of nitrogens with two attached hydrogens (primary N) is 1. The average Bonchev–Trinajstić information content (AvgIpc) is 1.41. The molecule has 0 unspecified atom stereocenters. The van der Waals surface area contributed by atoms with Crippen molar-refractivity contribution in [1.82, 2.24) is 0 Å². The van der Waals surface area contributed by atoms with Crippen molar-refractivity contribution in [3.8, 4) is 0 Å². The first-order valence-corrected chi connectivity index (χ1v) is 2.19. The molecule has 42 valence electrons. The zero-order valence-electron chi connectivity index (χ0n) is 5.07. The molecule has 0 radical (unpaired) electrons. The van der Waals surface area contributed by atoms with Crippen LogP contribution in [0.5, 0.6) is 0 Å². The van der Waals surface area contributed by atoms with Crippen molar-refractivity contribution in [3.05, 3.63) is 12.6 Å². The Kier molecular flexibility index (Phi) is 35.3. The van der Waals surface area contributed by atoms with E-state index in [0.717, 1.165) is 0 Å². The minimum absolute atomic E-state index is 0. The van der Waals surface area contributed by atoms with Crippen molar-refractivity contribution in [2.45, 2.75) is 26.7 Å². The van der Waals surface area contributed by atoms with Gasteiger partial charge in [-0.15, -0.1) is 0 Å². The summed E-state index contributed by atoms with van der Waals surface area (Å²) in [6.07, 6.45) is 4.73. The first kappa shape index (κ1) is 15.7. The van der Waals surface area contributed by atoms with Crippen LogP contribution >= 0.6 is 0 Å². The molecule has 0 bridgehead atoms. The molecule has 0 atom stereocenters. The van der Waals surface area contributed by atoms with Crippen LogP contribution in [0.25, 0.3) is 6.15 Å². The van der Waals surface area contributed by atoms with Crippen LogP contribution in [0.4, 0.5) is 0 Å². The quantitative estimate of drug-likeness (QED) is 0.700. The van der Waals surface area contributed by atoms with E-state index in [0.29, 0.717) is 0 Å². The van der Waals surface area contributed by atoms with Gasteiger partial charge in [0.15, 0.2) is 0 Å². The molecule has 0 fully saturated rings. The Labute approximate surface area is 70.2 Å². The predicted molar refractivity (Wildman–Crippen MR) is 30.2 cm³/mol. The van der Waals surface area contributed by atoms with E-state index in [-0.39, 0.29) is 37.3 Å². The summed E-state index contributed by atoms with van der Waals surface area (Å²) in [5.74, 6) is 0. The Balaban J connectivity index is -0.0000000800. The minimum Gasteiger partial charge on any atom is -0.693 e. The van der Waals surface area contributed by atoms with Gasteiger partial charge in [0.2, 0.25) is 0 Å². The van der Waals surface area contributed by atoms with Crippen LogP contribution in [0.1, 0.15) is 26.7 Å². The minimum atomic E-state index is 0. The monoisotopic (exact) mass is 325 g/mol. The maximum absolute atomic E-state index is 2.18. The maximum atomic E-state index is 2.18. The summed E-state index contributed by atoms with van der Waals surface area (Å²) in [4.78, 5) is 0. The van der Waals surface area contributed by atoms with Gasteiger partial charge in [-0.25, -0.2) is 0 Å². The van der Waals surface area contributed by atoms with Gasteiger partial charge < -0.3 is 12.6 Å². The molecule has 0 heterocycles. The first-order chi connectivity index (χ1) is 2.41. The Bertz CT molecular complexity index is 15.6. The molecule has 0 amide bonds. The second-order valence-corrected chi connectivity index (χ2v) is 1.20. The van der Waals surface area contributed by atoms with E-state index in [1.807, 2.05) is 0 Å². The molecule has 7 heavy (non-hydrogen) atoms. The van der Waals surface area contributed by atoms with E-state index in [1.54, 1.807) is 0 Å². The van der Waals surface area contributed by atoms with Crippen LogP contribution in [0.2, 0.25) is 0 Å². The van der Waals surface area contributed by atoms with Gasteiger partial charge in [-0.3, -0.25) is 0 Å². The fourth-order valence-electron chi connectivity index (χ4n) is 0.289. The SMILES string of the molecule is C[CH-]CCC.[NH2-].[U+2]. The molecular weight excluding hydrogens is 312 g/mol. The third kappa shape index (κ3) is 19.4. The van der Waals surface area contributed by atoms with Crippen molar-refractivity contribution >= 4 is 0 Å². The molecule has 2 N–H and O–H groups in total. The van der Waals surface area contributed by atoms with Crippen LogP contribution in [-0.2, 0) is 0 Å². The van der Waals surface area contributed by atoms with Crippen molar-refractivity contribution in [3.63, 3.8) is 0 Å². The summed E-state index contributed by atoms with van der Waals surface area (Å²) in [6, 6.07) is 0. The van der Waals surface area contributed by atoms with Gasteiger partial charge in [0.1, 0.15) is 0 Å². The van der Waals surface area contributed by atoms with Gasteiger partial charge in [0.25, 0.3) is 0 Å². The Morgan fingerprint density at radius 1 is 1.43 bits per heavy atom. The molecule has 2 heteroatoms. The molecule has 0 aromatic rings. The Hall–Kier alpha value is 1.01. The summed E-state index contributed by atoms with van der Waals surface area (Å²) >= 11 is 0. The molecule has 0 saturated heterocycles. The van der Waals surface area contributed by atoms with Crippen molar-refractivity contribution in [1.29, 1.82) is 0 Å². The molecule has 0 aliphatic carbocycles. The van der Waals surface area contributed by atoms with E-state index in [4.69, 9.17) is 0 Å². The zero-order chi connectivity index (χ0) is 4.12. The second-order valence-electron chi connectivity index (χ2n) is 1.20. The van der Waals surface area contributed by atoms with E-state index in [9.17, 15) is 0 Å². The summed E-state index contributed by atoms with van der Waals surface area (Å²) in [5, 5.41) is 0. The summed E-state index contributed by atoms with van der Waals surface area (Å²) in [5.41, 5.74) is 0. The van der Waals surface area contributed by atoms with E-state index in [2.05, 4.69) is 20.3 Å². The molecule has 1 nitrogen and oxygen atoms in total. The molecule has 0 aromatic heterocycles. The van der Waals surface area contributed by atoms with Crippen LogP contribution in [0, 0.1) is 37.5 Å². The van der Waals surface area contributed by atoms with Crippen molar-refractivity contribution in [2.24, 2.45) is 0 Å². The van der Waals surface area contributed by atoms with Gasteiger partial charge in [-0.1, -0.05) is 13.3 Å². The molecular formula is C5H13NU. The van der Waals surface area contributed by atoms with Crippen LogP contribution in [-0.4, -0.2) is 0 Å². The normalized spacial score (nSPS) is 6.00. The fourth-order valence-corrected chi connectivity index (χ4v) is 0.289. The van der Waals surface area contributed by atoms with Gasteiger partial charge in [-0.2, -0.15) is 13.3 Å². The third-order valence-electron chi connectivity index (χ3n) is 0.577. The molecule has 0 aliphatic rings. The molecule has 0 saturated carbocycles. The Morgan fingerprint density at radius 2 is 1.86 bits per heavy atom. The first-order valence-electron chi connectivity index (χ1n) is 2.19. The van der Waals surface area contributed by atoms with E-state index >= 15 is 0 Å². The largest absolute Gasteiger partial charge is 2.00 e. The summed E-state index contributed by atoms with van der Waals surface area (Å²) in [6.45, 7) is 4.27. The number of hydrogen-bond donors (Lipinski definition) is 0. The number of hydrogen-bond acceptors (Lipinski definition) is 0. The van der Waals surface area contributed by atoms with Crippen molar-refractivity contribution in [2.75, 3.05) is 0 Å². The summed E-state index contributed by atoms with van der Waals surface area (Å²) < 4.78 is 0. The molecule has 0 aromatic carbocycles. The summed E-state index contributed by atoms with van der Waals surface area (Å²) in [7, 11) is 0. The van der Waals surface area contributed by atoms with Crippen molar-refractivity contribution < 1.29 is 31.1 Å².